The lowest BCUT2D eigenvalue weighted by molar-refractivity contribution is -0.149. The van der Waals surface area contributed by atoms with E-state index in [2.05, 4.69) is 16.0 Å². The summed E-state index contributed by atoms with van der Waals surface area (Å²) in [6.45, 7) is 15.0. The van der Waals surface area contributed by atoms with Crippen LogP contribution in [0.1, 0.15) is 81.6 Å². The molecule has 15 heteroatoms. The minimum absolute atomic E-state index is 0.0138. The highest BCUT2D eigenvalue weighted by atomic mass is 16.3. The van der Waals surface area contributed by atoms with E-state index in [9.17, 15) is 38.7 Å². The molecule has 0 aliphatic carbocycles. The largest absolute Gasteiger partial charge is 0.391 e. The van der Waals surface area contributed by atoms with Gasteiger partial charge in [-0.15, -0.1) is 0 Å². The van der Waals surface area contributed by atoms with Crippen LogP contribution in [0, 0.1) is 17.8 Å². The van der Waals surface area contributed by atoms with E-state index in [1.807, 2.05) is 34.6 Å². The third-order valence-electron chi connectivity index (χ3n) is 9.36. The van der Waals surface area contributed by atoms with Crippen LogP contribution in [0.2, 0.25) is 0 Å². The van der Waals surface area contributed by atoms with E-state index in [0.29, 0.717) is 6.42 Å². The zero-order chi connectivity index (χ0) is 38.1. The third-order valence-corrected chi connectivity index (χ3v) is 9.36. The Hall–Kier alpha value is -3.75. The highest BCUT2D eigenvalue weighted by Gasteiger charge is 2.39. The second-order valence-corrected chi connectivity index (χ2v) is 14.4. The van der Waals surface area contributed by atoms with Gasteiger partial charge in [0.1, 0.15) is 36.3 Å². The van der Waals surface area contributed by atoms with Crippen molar-refractivity contribution in [3.63, 3.8) is 0 Å². The summed E-state index contributed by atoms with van der Waals surface area (Å²) >= 11 is 0. The zero-order valence-corrected chi connectivity index (χ0v) is 31.7. The standard InChI is InChI=1S/C34H61N7O8/c1-14-20(6)27-34(49)38(10)17-26(43)41(13)25(16-19(4)5)30(45)35-24(15-18(2)3)33(48)40(12)22(8)32(47)39(11)21(7)29(44)37-28(23(9)42)31(46)36-27/h18-25,27-28,42H,14-17H2,1-13H3,(H,35,45)(H,36,46)(H,37,44)/t20?,21?,22?,23?,24?,25?,27-,28?/m1/s1. The lowest BCUT2D eigenvalue weighted by Crippen LogP contribution is -2.61. The molecule has 0 bridgehead atoms. The average Bonchev–Trinajstić information content (AvgIpc) is 3.03. The molecule has 4 N–H and O–H groups in total. The topological polar surface area (TPSA) is 189 Å². The van der Waals surface area contributed by atoms with E-state index in [1.54, 1.807) is 6.92 Å². The minimum Gasteiger partial charge on any atom is -0.391 e. The first-order valence-electron chi connectivity index (χ1n) is 17.2. The van der Waals surface area contributed by atoms with Crippen LogP contribution in [-0.2, 0) is 33.6 Å². The molecule has 15 nitrogen and oxygen atoms in total. The quantitative estimate of drug-likeness (QED) is 0.285. The van der Waals surface area contributed by atoms with E-state index in [4.69, 9.17) is 0 Å². The molecule has 0 spiro atoms. The minimum atomic E-state index is -1.47. The van der Waals surface area contributed by atoms with Crippen LogP contribution in [0.15, 0.2) is 0 Å². The number of carbonyl (C=O) groups is 7. The number of carbonyl (C=O) groups excluding carboxylic acids is 7. The molecule has 7 unspecified atom stereocenters. The highest BCUT2D eigenvalue weighted by molar-refractivity contribution is 5.98. The van der Waals surface area contributed by atoms with Crippen molar-refractivity contribution in [2.75, 3.05) is 34.7 Å². The van der Waals surface area contributed by atoms with Gasteiger partial charge in [0.2, 0.25) is 41.4 Å². The second kappa shape index (κ2) is 18.9. The van der Waals surface area contributed by atoms with E-state index >= 15 is 0 Å². The molecule has 1 fully saturated rings. The Kier molecular flexibility index (Phi) is 16.7. The fourth-order valence-corrected chi connectivity index (χ4v) is 5.52. The van der Waals surface area contributed by atoms with Crippen LogP contribution in [0.25, 0.3) is 0 Å². The molecule has 8 atom stereocenters. The molecular formula is C34H61N7O8. The van der Waals surface area contributed by atoms with Crippen LogP contribution in [0.4, 0.5) is 0 Å². The summed E-state index contributed by atoms with van der Waals surface area (Å²) in [7, 11) is 5.71. The summed E-state index contributed by atoms with van der Waals surface area (Å²) in [5, 5.41) is 18.5. The van der Waals surface area contributed by atoms with Crippen molar-refractivity contribution in [1.29, 1.82) is 0 Å². The summed E-state index contributed by atoms with van der Waals surface area (Å²) in [6.07, 6.45) is -0.363. The molecule has 1 heterocycles. The fraction of sp³-hybridized carbons (Fsp3) is 0.794. The first-order chi connectivity index (χ1) is 22.6. The normalized spacial score (nSPS) is 28.0. The smallest absolute Gasteiger partial charge is 0.245 e. The molecular weight excluding hydrogens is 634 g/mol. The van der Waals surface area contributed by atoms with E-state index in [-0.39, 0.29) is 24.7 Å². The maximum absolute atomic E-state index is 13.8. The molecule has 1 aliphatic rings. The van der Waals surface area contributed by atoms with Gasteiger partial charge in [0.25, 0.3) is 0 Å². The maximum atomic E-state index is 13.8. The number of aliphatic hydroxyl groups excluding tert-OH is 1. The average molecular weight is 696 g/mol. The van der Waals surface area contributed by atoms with Gasteiger partial charge in [-0.25, -0.2) is 0 Å². The molecule has 1 saturated heterocycles. The van der Waals surface area contributed by atoms with E-state index < -0.39 is 96.2 Å². The van der Waals surface area contributed by atoms with E-state index in [0.717, 1.165) is 4.90 Å². The summed E-state index contributed by atoms with van der Waals surface area (Å²) in [6, 6.07) is -6.74. The first-order valence-corrected chi connectivity index (χ1v) is 17.2. The lowest BCUT2D eigenvalue weighted by atomic mass is 9.97. The first kappa shape index (κ1) is 43.3. The number of nitrogens with one attached hydrogen (secondary N) is 3. The van der Waals surface area contributed by atoms with Gasteiger partial charge in [-0.3, -0.25) is 33.6 Å². The van der Waals surface area contributed by atoms with E-state index in [1.165, 1.54) is 63.7 Å². The van der Waals surface area contributed by atoms with Crippen molar-refractivity contribution in [2.24, 2.45) is 17.8 Å². The second-order valence-electron chi connectivity index (χ2n) is 14.4. The molecule has 0 aromatic heterocycles. The SMILES string of the molecule is CCC(C)[C@H]1NC(=O)C(C(C)O)NC(=O)C(C)N(C)C(=O)C(C)N(C)C(=O)C(CC(C)C)NC(=O)C(CC(C)C)N(C)C(=O)CN(C)C1=O. The van der Waals surface area contributed by atoms with Crippen LogP contribution in [0.5, 0.6) is 0 Å². The van der Waals surface area contributed by atoms with Gasteiger partial charge in [0, 0.05) is 28.2 Å². The molecule has 0 radical (unpaired) electrons. The van der Waals surface area contributed by atoms with Crippen LogP contribution in [-0.4, -0.2) is 143 Å². The Morgan fingerprint density at radius 1 is 0.653 bits per heavy atom. The monoisotopic (exact) mass is 695 g/mol. The third kappa shape index (κ3) is 11.7. The Balaban J connectivity index is 3.78. The van der Waals surface area contributed by atoms with Crippen LogP contribution >= 0.6 is 0 Å². The lowest BCUT2D eigenvalue weighted by Gasteiger charge is -2.35. The number of hydrogen-bond donors (Lipinski definition) is 4. The Labute approximate surface area is 291 Å². The van der Waals surface area contributed by atoms with Crippen molar-refractivity contribution < 1.29 is 38.7 Å². The van der Waals surface area contributed by atoms with Crippen LogP contribution in [0.3, 0.4) is 0 Å². The van der Waals surface area contributed by atoms with Crippen molar-refractivity contribution >= 4 is 41.4 Å². The van der Waals surface area contributed by atoms with Gasteiger partial charge >= 0.3 is 0 Å². The number of rotatable bonds is 7. The van der Waals surface area contributed by atoms with Gasteiger partial charge in [0.15, 0.2) is 0 Å². The number of aliphatic hydroxyl groups is 1. The Bertz CT molecular complexity index is 1210. The van der Waals surface area contributed by atoms with Gasteiger partial charge in [-0.05, 0) is 51.4 Å². The molecule has 1 rings (SSSR count). The fourth-order valence-electron chi connectivity index (χ4n) is 5.52. The molecule has 0 aromatic carbocycles. The predicted molar refractivity (Wildman–Crippen MR) is 184 cm³/mol. The van der Waals surface area contributed by atoms with Crippen molar-refractivity contribution in [3.05, 3.63) is 0 Å². The molecule has 1 aliphatic heterocycles. The zero-order valence-electron chi connectivity index (χ0n) is 31.7. The number of amides is 7. The number of hydrogen-bond acceptors (Lipinski definition) is 8. The van der Waals surface area contributed by atoms with Gasteiger partial charge in [-0.1, -0.05) is 48.0 Å². The number of likely N-dealkylation sites (N-methyl/N-ethyl adjacent to an activating group) is 4. The molecule has 49 heavy (non-hydrogen) atoms. The van der Waals surface area contributed by atoms with Gasteiger partial charge in [-0.2, -0.15) is 0 Å². The van der Waals surface area contributed by atoms with Crippen molar-refractivity contribution in [1.82, 2.24) is 35.6 Å². The molecule has 7 amide bonds. The summed E-state index contributed by atoms with van der Waals surface area (Å²) in [5.41, 5.74) is 0. The summed E-state index contributed by atoms with van der Waals surface area (Å²) in [5.74, 6) is -4.76. The predicted octanol–water partition coefficient (Wildman–Crippen LogP) is -0.0473. The maximum Gasteiger partial charge on any atom is 0.245 e. The molecule has 280 valence electrons. The molecule has 0 aromatic rings. The van der Waals surface area contributed by atoms with Crippen molar-refractivity contribution in [3.8, 4) is 0 Å². The van der Waals surface area contributed by atoms with Gasteiger partial charge in [0.05, 0.1) is 12.6 Å². The van der Waals surface area contributed by atoms with Crippen molar-refractivity contribution in [2.45, 2.75) is 124 Å². The van der Waals surface area contributed by atoms with Gasteiger partial charge < -0.3 is 40.7 Å². The number of nitrogens with zero attached hydrogens (tertiary/aromatic N) is 4. The Morgan fingerprint density at radius 3 is 1.65 bits per heavy atom. The summed E-state index contributed by atoms with van der Waals surface area (Å²) < 4.78 is 0. The molecule has 0 saturated carbocycles. The highest BCUT2D eigenvalue weighted by Crippen LogP contribution is 2.17. The van der Waals surface area contributed by atoms with Crippen LogP contribution < -0.4 is 16.0 Å². The summed E-state index contributed by atoms with van der Waals surface area (Å²) in [4.78, 5) is 100. The Morgan fingerprint density at radius 2 is 1.16 bits per heavy atom.